The van der Waals surface area contributed by atoms with E-state index >= 15 is 0 Å². The predicted octanol–water partition coefficient (Wildman–Crippen LogP) is 2.76. The Balaban J connectivity index is 1.67. The van der Waals surface area contributed by atoms with Gasteiger partial charge in [-0.3, -0.25) is 18.7 Å². The van der Waals surface area contributed by atoms with E-state index in [2.05, 4.69) is 15.6 Å². The number of hydrogen-bond donors (Lipinski definition) is 4. The third-order valence-electron chi connectivity index (χ3n) is 5.10. The average molecular weight is 433 g/mol. The number of nitrogens with zero attached hydrogens (tertiary/aromatic N) is 2. The minimum atomic E-state index is -2.47. The maximum absolute atomic E-state index is 12.6. The number of pyridine rings is 2. The lowest BCUT2D eigenvalue weighted by Crippen LogP contribution is -2.28. The van der Waals surface area contributed by atoms with Crippen LogP contribution in [0.5, 0.6) is 0 Å². The second-order valence-electron chi connectivity index (χ2n) is 7.56. The minimum absolute atomic E-state index is 0.00549. The van der Waals surface area contributed by atoms with Gasteiger partial charge in [-0.05, 0) is 30.2 Å². The number of carbonyl (C=O) groups is 1. The molecule has 1 atom stereocenters. The van der Waals surface area contributed by atoms with Gasteiger partial charge >= 0.3 is 0 Å². The third kappa shape index (κ3) is 4.26. The molecule has 4 rings (SSSR count). The highest BCUT2D eigenvalue weighted by Gasteiger charge is 2.28. The summed E-state index contributed by atoms with van der Waals surface area (Å²) in [6, 6.07) is 5.24. The lowest BCUT2D eigenvalue weighted by atomic mass is 10.1. The number of carbonyl (C=O) groups excluding carboxylic acids is 1. The Labute approximate surface area is 174 Å². The van der Waals surface area contributed by atoms with E-state index in [1.54, 1.807) is 37.6 Å². The van der Waals surface area contributed by atoms with Gasteiger partial charge in [0.2, 0.25) is 5.91 Å². The first-order valence-electron chi connectivity index (χ1n) is 9.55. The number of aryl methyl sites for hydroxylation is 1. The first-order valence-corrected chi connectivity index (χ1v) is 11.4. The van der Waals surface area contributed by atoms with Crippen LogP contribution in [0, 0.1) is 0 Å². The van der Waals surface area contributed by atoms with Gasteiger partial charge in [-0.15, -0.1) is 0 Å². The van der Waals surface area contributed by atoms with E-state index in [4.69, 9.17) is 4.42 Å². The maximum atomic E-state index is 12.6. The van der Waals surface area contributed by atoms with Crippen molar-refractivity contribution in [3.8, 4) is 11.1 Å². The summed E-state index contributed by atoms with van der Waals surface area (Å²) in [5, 5.41) is 6.39. The number of fused-ring (bicyclic) bond motifs is 1. The Morgan fingerprint density at radius 2 is 2.20 bits per heavy atom. The van der Waals surface area contributed by atoms with Crippen LogP contribution >= 0.6 is 10.6 Å². The van der Waals surface area contributed by atoms with Crippen molar-refractivity contribution in [3.63, 3.8) is 0 Å². The molecule has 0 spiro atoms. The quantitative estimate of drug-likeness (QED) is 0.488. The van der Waals surface area contributed by atoms with Crippen LogP contribution in [0.15, 0.2) is 39.8 Å². The zero-order valence-corrected chi connectivity index (χ0v) is 17.5. The summed E-state index contributed by atoms with van der Waals surface area (Å²) in [6.07, 6.45) is 3.98. The molecule has 9 nitrogen and oxygen atoms in total. The van der Waals surface area contributed by atoms with Crippen LogP contribution in [0.3, 0.4) is 0 Å². The topological polar surface area (TPSA) is 130 Å². The van der Waals surface area contributed by atoms with Crippen molar-refractivity contribution in [3.05, 3.63) is 46.7 Å². The monoisotopic (exact) mass is 432 g/mol. The van der Waals surface area contributed by atoms with Crippen molar-refractivity contribution in [2.45, 2.75) is 25.9 Å². The average Bonchev–Trinajstić information content (AvgIpc) is 3.26. The highest BCUT2D eigenvalue weighted by atomic mass is 32.3. The van der Waals surface area contributed by atoms with Crippen molar-refractivity contribution >= 4 is 33.3 Å². The van der Waals surface area contributed by atoms with Crippen LogP contribution in [-0.2, 0) is 18.4 Å². The molecule has 1 saturated heterocycles. The summed E-state index contributed by atoms with van der Waals surface area (Å²) in [4.78, 5) is 28.1. The molecule has 0 saturated carbocycles. The Morgan fingerprint density at radius 3 is 2.90 bits per heavy atom. The summed E-state index contributed by atoms with van der Waals surface area (Å²) in [6.45, 7) is 1.79. The molecule has 3 aromatic rings. The van der Waals surface area contributed by atoms with Crippen LogP contribution in [-0.4, -0.2) is 42.1 Å². The standard InChI is InChI=1S/C20H24N4O5S/c1-12(25)23-18-7-13(3-5-21-18)17-10-24(2)20(26)16-8-15(29-19(16)17)9-22-14-4-6-30(27,28)11-14/h3,5,7-8,10,14,22,27-28H,4,6,9,11H2,1-2H3,(H,21,23,25). The normalized spacial score (nSPS) is 19.1. The molecule has 1 unspecified atom stereocenters. The highest BCUT2D eigenvalue weighted by molar-refractivity contribution is 8.24. The van der Waals surface area contributed by atoms with E-state index in [1.165, 1.54) is 11.5 Å². The van der Waals surface area contributed by atoms with Crippen LogP contribution in [0.4, 0.5) is 5.82 Å². The SMILES string of the molecule is CC(=O)Nc1cc(-c2cn(C)c(=O)c3cc(CNC4CCS(O)(O)C4)oc23)ccn1. The fourth-order valence-electron chi connectivity index (χ4n) is 3.67. The number of furan rings is 1. The molecule has 1 aliphatic heterocycles. The highest BCUT2D eigenvalue weighted by Crippen LogP contribution is 2.45. The van der Waals surface area contributed by atoms with Gasteiger partial charge in [-0.1, -0.05) is 0 Å². The molecule has 1 amide bonds. The van der Waals surface area contributed by atoms with Gasteiger partial charge < -0.3 is 19.6 Å². The zero-order valence-electron chi connectivity index (χ0n) is 16.7. The largest absolute Gasteiger partial charge is 0.459 e. The number of rotatable bonds is 5. The summed E-state index contributed by atoms with van der Waals surface area (Å²) in [5.74, 6) is 1.53. The van der Waals surface area contributed by atoms with Gasteiger partial charge in [-0.25, -0.2) is 4.98 Å². The summed E-state index contributed by atoms with van der Waals surface area (Å²) in [5.41, 5.74) is 1.76. The Kier molecular flexibility index (Phi) is 5.41. The van der Waals surface area contributed by atoms with Gasteiger partial charge in [-0.2, -0.15) is 10.6 Å². The van der Waals surface area contributed by atoms with Crippen molar-refractivity contribution in [2.75, 3.05) is 16.8 Å². The molecule has 0 bridgehead atoms. The molecule has 10 heteroatoms. The summed E-state index contributed by atoms with van der Waals surface area (Å²) in [7, 11) is -0.799. The van der Waals surface area contributed by atoms with Crippen molar-refractivity contribution < 1.29 is 18.3 Å². The molecule has 0 radical (unpaired) electrons. The molecule has 3 aromatic heterocycles. The minimum Gasteiger partial charge on any atom is -0.459 e. The molecular formula is C20H24N4O5S. The first kappa shape index (κ1) is 20.6. The molecule has 4 N–H and O–H groups in total. The second kappa shape index (κ2) is 7.88. The van der Waals surface area contributed by atoms with E-state index < -0.39 is 10.6 Å². The molecule has 30 heavy (non-hydrogen) atoms. The predicted molar refractivity (Wildman–Crippen MR) is 117 cm³/mol. The van der Waals surface area contributed by atoms with Gasteiger partial charge in [0.15, 0.2) is 0 Å². The summed E-state index contributed by atoms with van der Waals surface area (Å²) >= 11 is 0. The number of aromatic nitrogens is 2. The van der Waals surface area contributed by atoms with Gasteiger partial charge in [0.25, 0.3) is 5.56 Å². The van der Waals surface area contributed by atoms with Crippen molar-refractivity contribution in [1.29, 1.82) is 0 Å². The molecular weight excluding hydrogens is 408 g/mol. The zero-order chi connectivity index (χ0) is 21.5. The molecule has 0 aliphatic carbocycles. The van der Waals surface area contributed by atoms with Crippen LogP contribution in [0.2, 0.25) is 0 Å². The Bertz CT molecular complexity index is 1170. The molecule has 1 aliphatic rings. The Hall–Kier alpha value is -2.66. The first-order chi connectivity index (χ1) is 14.2. The number of anilines is 1. The number of amides is 1. The van der Waals surface area contributed by atoms with E-state index in [0.29, 0.717) is 52.6 Å². The fourth-order valence-corrected chi connectivity index (χ4v) is 5.42. The van der Waals surface area contributed by atoms with Crippen LogP contribution < -0.4 is 16.2 Å². The fraction of sp³-hybridized carbons (Fsp3) is 0.350. The van der Waals surface area contributed by atoms with Crippen LogP contribution in [0.25, 0.3) is 22.1 Å². The van der Waals surface area contributed by atoms with Crippen molar-refractivity contribution in [2.24, 2.45) is 7.05 Å². The van der Waals surface area contributed by atoms with Gasteiger partial charge in [0, 0.05) is 43.7 Å². The van der Waals surface area contributed by atoms with Crippen molar-refractivity contribution in [1.82, 2.24) is 14.9 Å². The van der Waals surface area contributed by atoms with E-state index in [1.807, 2.05) is 0 Å². The molecule has 0 aromatic carbocycles. The number of hydrogen-bond acceptors (Lipinski definition) is 7. The molecule has 1 fully saturated rings. The smallest absolute Gasteiger partial charge is 0.261 e. The molecule has 160 valence electrons. The second-order valence-corrected chi connectivity index (χ2v) is 9.91. The molecule has 4 heterocycles. The van der Waals surface area contributed by atoms with Gasteiger partial charge in [0.05, 0.1) is 17.7 Å². The van der Waals surface area contributed by atoms with E-state index in [9.17, 15) is 18.7 Å². The third-order valence-corrected chi connectivity index (χ3v) is 6.93. The maximum Gasteiger partial charge on any atom is 0.261 e. The lowest BCUT2D eigenvalue weighted by Gasteiger charge is -2.26. The van der Waals surface area contributed by atoms with Crippen LogP contribution in [0.1, 0.15) is 19.1 Å². The van der Waals surface area contributed by atoms with E-state index in [0.717, 1.165) is 5.56 Å². The summed E-state index contributed by atoms with van der Waals surface area (Å²) < 4.78 is 27.1. The van der Waals surface area contributed by atoms with Gasteiger partial charge in [0.1, 0.15) is 17.2 Å². The lowest BCUT2D eigenvalue weighted by molar-refractivity contribution is -0.114. The number of nitrogens with one attached hydrogen (secondary N) is 2. The Morgan fingerprint density at radius 1 is 1.40 bits per heavy atom. The van der Waals surface area contributed by atoms with E-state index in [-0.39, 0.29) is 17.5 Å².